The molecule has 0 aliphatic carbocycles. The van der Waals surface area contributed by atoms with Crippen LogP contribution < -0.4 is 4.90 Å². The van der Waals surface area contributed by atoms with E-state index in [1.165, 1.54) is 24.9 Å². The summed E-state index contributed by atoms with van der Waals surface area (Å²) in [5, 5.41) is 9.55. The Kier molecular flexibility index (Phi) is 4.87. The molecular weight excluding hydrogens is 234 g/mol. The molecule has 1 unspecified atom stereocenters. The third-order valence-corrected chi connectivity index (χ3v) is 4.46. The van der Waals surface area contributed by atoms with Gasteiger partial charge in [0.25, 0.3) is 0 Å². The van der Waals surface area contributed by atoms with Crippen LogP contribution >= 0.6 is 0 Å². The van der Waals surface area contributed by atoms with Crippen LogP contribution in [0.3, 0.4) is 0 Å². The van der Waals surface area contributed by atoms with Gasteiger partial charge in [-0.25, -0.2) is 0 Å². The van der Waals surface area contributed by atoms with Crippen molar-refractivity contribution >= 4 is 5.69 Å². The largest absolute Gasteiger partial charge is 0.389 e. The second kappa shape index (κ2) is 6.42. The Morgan fingerprint density at radius 3 is 2.32 bits per heavy atom. The van der Waals surface area contributed by atoms with Gasteiger partial charge in [0, 0.05) is 18.8 Å². The number of anilines is 1. The first-order chi connectivity index (χ1) is 9.08. The molecule has 0 spiro atoms. The molecule has 0 radical (unpaired) electrons. The van der Waals surface area contributed by atoms with Gasteiger partial charge >= 0.3 is 0 Å². The summed E-state index contributed by atoms with van der Waals surface area (Å²) < 4.78 is 0. The molecule has 0 amide bonds. The molecule has 19 heavy (non-hydrogen) atoms. The molecule has 2 atom stereocenters. The topological polar surface area (TPSA) is 23.5 Å². The van der Waals surface area contributed by atoms with E-state index in [1.807, 2.05) is 19.1 Å². The normalized spacial score (nSPS) is 22.4. The van der Waals surface area contributed by atoms with Crippen molar-refractivity contribution in [1.29, 1.82) is 0 Å². The van der Waals surface area contributed by atoms with E-state index in [2.05, 4.69) is 30.9 Å². The van der Waals surface area contributed by atoms with Crippen LogP contribution in [0.2, 0.25) is 0 Å². The van der Waals surface area contributed by atoms with Gasteiger partial charge in [-0.15, -0.1) is 0 Å². The molecule has 0 bridgehead atoms. The van der Waals surface area contributed by atoms with E-state index in [-0.39, 0.29) is 6.10 Å². The van der Waals surface area contributed by atoms with Crippen molar-refractivity contribution in [2.45, 2.75) is 46.1 Å². The van der Waals surface area contributed by atoms with Crippen LogP contribution in [0.25, 0.3) is 0 Å². The van der Waals surface area contributed by atoms with Crippen molar-refractivity contribution in [1.82, 2.24) is 0 Å². The number of hydrogen-bond donors (Lipinski definition) is 1. The third kappa shape index (κ3) is 3.73. The molecule has 1 heterocycles. The zero-order chi connectivity index (χ0) is 13.8. The minimum Gasteiger partial charge on any atom is -0.389 e. The lowest BCUT2D eigenvalue weighted by Crippen LogP contribution is -2.24. The highest BCUT2D eigenvalue weighted by Gasteiger charge is 2.19. The first kappa shape index (κ1) is 14.4. The van der Waals surface area contributed by atoms with E-state index < -0.39 is 0 Å². The maximum absolute atomic E-state index is 9.55. The van der Waals surface area contributed by atoms with E-state index in [0.717, 1.165) is 30.5 Å². The molecule has 1 fully saturated rings. The van der Waals surface area contributed by atoms with Gasteiger partial charge in [0.2, 0.25) is 0 Å². The molecule has 2 rings (SSSR count). The van der Waals surface area contributed by atoms with Gasteiger partial charge < -0.3 is 10.0 Å². The Bertz CT molecular complexity index is 383. The van der Waals surface area contributed by atoms with Crippen LogP contribution in [-0.4, -0.2) is 18.2 Å². The molecule has 1 saturated heterocycles. The van der Waals surface area contributed by atoms with Crippen molar-refractivity contribution in [3.63, 3.8) is 0 Å². The van der Waals surface area contributed by atoms with Gasteiger partial charge in [-0.1, -0.05) is 26.0 Å². The fraction of sp³-hybridized carbons (Fsp3) is 0.647. The monoisotopic (exact) mass is 261 g/mol. The second-order valence-corrected chi connectivity index (χ2v) is 6.19. The van der Waals surface area contributed by atoms with Crippen molar-refractivity contribution in [3.05, 3.63) is 29.8 Å². The number of aliphatic hydroxyl groups excluding tert-OH is 1. The van der Waals surface area contributed by atoms with E-state index in [0.29, 0.717) is 0 Å². The average Bonchev–Trinajstić information content (AvgIpc) is 2.64. The molecular formula is C17H27NO. The lowest BCUT2D eigenvalue weighted by molar-refractivity contribution is 0.199. The molecule has 1 aliphatic heterocycles. The first-order valence-electron chi connectivity index (χ1n) is 7.61. The highest BCUT2D eigenvalue weighted by molar-refractivity contribution is 5.48. The summed E-state index contributed by atoms with van der Waals surface area (Å²) >= 11 is 0. The number of rotatable bonds is 3. The summed E-state index contributed by atoms with van der Waals surface area (Å²) in [7, 11) is 0. The van der Waals surface area contributed by atoms with Crippen LogP contribution in [0.4, 0.5) is 5.69 Å². The highest BCUT2D eigenvalue weighted by atomic mass is 16.3. The number of aliphatic hydroxyl groups is 1. The molecule has 1 aromatic carbocycles. The predicted octanol–water partition coefficient (Wildman–Crippen LogP) is 4.00. The minimum absolute atomic E-state index is 0.372. The Morgan fingerprint density at radius 1 is 1.05 bits per heavy atom. The summed E-state index contributed by atoms with van der Waals surface area (Å²) in [5.41, 5.74) is 2.30. The van der Waals surface area contributed by atoms with E-state index in [4.69, 9.17) is 0 Å². The van der Waals surface area contributed by atoms with Gasteiger partial charge in [0.05, 0.1) is 6.10 Å². The third-order valence-electron chi connectivity index (χ3n) is 4.46. The van der Waals surface area contributed by atoms with Gasteiger partial charge in [-0.3, -0.25) is 0 Å². The zero-order valence-electron chi connectivity index (χ0n) is 12.5. The van der Waals surface area contributed by atoms with Crippen molar-refractivity contribution in [2.24, 2.45) is 11.8 Å². The number of hydrogen-bond acceptors (Lipinski definition) is 2. The maximum Gasteiger partial charge on any atom is 0.0761 e. The summed E-state index contributed by atoms with van der Waals surface area (Å²) in [6, 6.07) is 8.39. The Hall–Kier alpha value is -1.02. The lowest BCUT2D eigenvalue weighted by atomic mass is 9.89. The van der Waals surface area contributed by atoms with Crippen molar-refractivity contribution in [2.75, 3.05) is 18.0 Å². The van der Waals surface area contributed by atoms with Gasteiger partial charge in [-0.05, 0) is 55.7 Å². The molecule has 0 aromatic heterocycles. The van der Waals surface area contributed by atoms with Crippen LogP contribution in [0.5, 0.6) is 0 Å². The van der Waals surface area contributed by atoms with Gasteiger partial charge in [0.1, 0.15) is 0 Å². The van der Waals surface area contributed by atoms with Crippen molar-refractivity contribution in [3.8, 4) is 0 Å². The smallest absolute Gasteiger partial charge is 0.0761 e. The highest BCUT2D eigenvalue weighted by Crippen LogP contribution is 2.27. The summed E-state index contributed by atoms with van der Waals surface area (Å²) in [4.78, 5) is 2.49. The Balaban J connectivity index is 2.01. The number of benzene rings is 1. The molecule has 1 aliphatic rings. The second-order valence-electron chi connectivity index (χ2n) is 6.19. The Morgan fingerprint density at radius 2 is 1.74 bits per heavy atom. The van der Waals surface area contributed by atoms with E-state index in [9.17, 15) is 5.11 Å². The molecule has 1 aromatic rings. The summed E-state index contributed by atoms with van der Waals surface area (Å²) in [5.74, 6) is 1.68. The fourth-order valence-electron chi connectivity index (χ4n) is 3.01. The molecule has 0 saturated carbocycles. The zero-order valence-corrected chi connectivity index (χ0v) is 12.5. The molecule has 2 nitrogen and oxygen atoms in total. The predicted molar refractivity (Wildman–Crippen MR) is 81.5 cm³/mol. The summed E-state index contributed by atoms with van der Waals surface area (Å²) in [6.07, 6.45) is 3.58. The summed E-state index contributed by atoms with van der Waals surface area (Å²) in [6.45, 7) is 8.83. The first-order valence-corrected chi connectivity index (χ1v) is 7.61. The minimum atomic E-state index is -0.372. The van der Waals surface area contributed by atoms with Crippen molar-refractivity contribution < 1.29 is 5.11 Å². The van der Waals surface area contributed by atoms with E-state index in [1.54, 1.807) is 0 Å². The standard InChI is InChI=1S/C17H27NO/c1-13(2)15-5-4-11-18(12-10-15)17-8-6-16(7-9-17)14(3)19/h6-9,13-15,19H,4-5,10-12H2,1-3H3/t14-,15?/m1/s1. The molecule has 1 N–H and O–H groups in total. The van der Waals surface area contributed by atoms with Crippen LogP contribution in [0.15, 0.2) is 24.3 Å². The lowest BCUT2D eigenvalue weighted by Gasteiger charge is -2.24. The van der Waals surface area contributed by atoms with Crippen LogP contribution in [0.1, 0.15) is 51.7 Å². The van der Waals surface area contributed by atoms with Gasteiger partial charge in [-0.2, -0.15) is 0 Å². The average molecular weight is 261 g/mol. The van der Waals surface area contributed by atoms with E-state index >= 15 is 0 Å². The van der Waals surface area contributed by atoms with Crippen LogP contribution in [0, 0.1) is 11.8 Å². The fourth-order valence-corrected chi connectivity index (χ4v) is 3.01. The SMILES string of the molecule is CC(C)C1CCCN(c2ccc([C@@H](C)O)cc2)CC1. The molecule has 106 valence electrons. The number of nitrogens with zero attached hydrogens (tertiary/aromatic N) is 1. The maximum atomic E-state index is 9.55. The molecule has 2 heteroatoms. The quantitative estimate of drug-likeness (QED) is 0.889. The van der Waals surface area contributed by atoms with Gasteiger partial charge in [0.15, 0.2) is 0 Å². The van der Waals surface area contributed by atoms with Crippen LogP contribution in [-0.2, 0) is 0 Å². The Labute approximate surface area is 117 Å².